The summed E-state index contributed by atoms with van der Waals surface area (Å²) in [7, 11) is 3.42. The fourth-order valence-electron chi connectivity index (χ4n) is 3.66. The molecule has 0 unspecified atom stereocenters. The number of carbonyl (C=O) groups excluding carboxylic acids is 1. The Labute approximate surface area is 177 Å². The number of nitrogens with zero attached hydrogens (tertiary/aromatic N) is 3. The maximum absolute atomic E-state index is 11.4. The highest BCUT2D eigenvalue weighted by atomic mass is 16.5. The first-order valence-electron chi connectivity index (χ1n) is 10.2. The summed E-state index contributed by atoms with van der Waals surface area (Å²) in [5.41, 5.74) is 7.59. The van der Waals surface area contributed by atoms with Crippen LogP contribution in [0.5, 0.6) is 5.75 Å². The molecule has 3 rings (SSSR count). The smallest absolute Gasteiger partial charge is 0.220 e. The van der Waals surface area contributed by atoms with Crippen LogP contribution in [-0.4, -0.2) is 44.1 Å². The van der Waals surface area contributed by atoms with Crippen molar-refractivity contribution in [2.45, 2.75) is 25.9 Å². The van der Waals surface area contributed by atoms with Gasteiger partial charge in [0.15, 0.2) is 5.96 Å². The molecule has 1 aliphatic rings. The second kappa shape index (κ2) is 10.5. The zero-order valence-corrected chi connectivity index (χ0v) is 17.6. The molecular formula is C22H30N6O2. The van der Waals surface area contributed by atoms with E-state index in [-0.39, 0.29) is 11.8 Å². The summed E-state index contributed by atoms with van der Waals surface area (Å²) in [5, 5.41) is 6.68. The zero-order valence-electron chi connectivity index (χ0n) is 17.6. The van der Waals surface area contributed by atoms with Crippen molar-refractivity contribution in [1.29, 1.82) is 0 Å². The van der Waals surface area contributed by atoms with Gasteiger partial charge in [0.25, 0.3) is 0 Å². The first kappa shape index (κ1) is 21.4. The number of pyridine rings is 1. The summed E-state index contributed by atoms with van der Waals surface area (Å²) in [6.45, 7) is 2.74. The standard InChI is InChI=1S/C22H30N6O2/c1-24-22(26-14-17-6-3-4-8-19(17)30-2)27-15-18-7-5-11-25-21(18)28-12-9-16(10-13-28)20(23)29/h3-8,11,16H,9-10,12-15H2,1-2H3,(H2,23,29)(H2,24,26,27). The molecule has 0 bridgehead atoms. The number of benzene rings is 1. The molecule has 4 N–H and O–H groups in total. The van der Waals surface area contributed by atoms with Crippen LogP contribution in [0.15, 0.2) is 47.6 Å². The van der Waals surface area contributed by atoms with E-state index < -0.39 is 0 Å². The van der Waals surface area contributed by atoms with Crippen molar-refractivity contribution in [3.05, 3.63) is 53.7 Å². The molecule has 1 aromatic heterocycles. The van der Waals surface area contributed by atoms with E-state index in [4.69, 9.17) is 10.5 Å². The second-order valence-corrected chi connectivity index (χ2v) is 7.24. The number of rotatable bonds is 7. The Bertz CT molecular complexity index is 877. The molecule has 0 radical (unpaired) electrons. The third-order valence-electron chi connectivity index (χ3n) is 5.37. The maximum Gasteiger partial charge on any atom is 0.220 e. The second-order valence-electron chi connectivity index (χ2n) is 7.24. The number of nitrogens with two attached hydrogens (primary N) is 1. The topological polar surface area (TPSA) is 105 Å². The van der Waals surface area contributed by atoms with Crippen LogP contribution in [0.25, 0.3) is 0 Å². The SMILES string of the molecule is CN=C(NCc1ccccc1OC)NCc1cccnc1N1CCC(C(N)=O)CC1. The number of hydrogen-bond acceptors (Lipinski definition) is 5. The Kier molecular flexibility index (Phi) is 7.48. The third-order valence-corrected chi connectivity index (χ3v) is 5.37. The summed E-state index contributed by atoms with van der Waals surface area (Å²) in [5.74, 6) is 2.23. The maximum atomic E-state index is 11.4. The van der Waals surface area contributed by atoms with Crippen LogP contribution in [-0.2, 0) is 17.9 Å². The minimum atomic E-state index is -0.206. The van der Waals surface area contributed by atoms with Crippen LogP contribution < -0.4 is 26.0 Å². The van der Waals surface area contributed by atoms with Gasteiger partial charge in [-0.2, -0.15) is 0 Å². The Morgan fingerprint density at radius 2 is 1.83 bits per heavy atom. The van der Waals surface area contributed by atoms with E-state index in [1.54, 1.807) is 20.4 Å². The third kappa shape index (κ3) is 5.40. The van der Waals surface area contributed by atoms with Crippen LogP contribution in [0, 0.1) is 5.92 Å². The van der Waals surface area contributed by atoms with Crippen LogP contribution >= 0.6 is 0 Å². The van der Waals surface area contributed by atoms with E-state index in [9.17, 15) is 4.79 Å². The van der Waals surface area contributed by atoms with Gasteiger partial charge in [-0.25, -0.2) is 4.98 Å². The van der Waals surface area contributed by atoms with Crippen molar-refractivity contribution in [3.8, 4) is 5.75 Å². The number of primary amides is 1. The largest absolute Gasteiger partial charge is 0.496 e. The number of para-hydroxylation sites is 1. The highest BCUT2D eigenvalue weighted by Crippen LogP contribution is 2.24. The number of guanidine groups is 1. The van der Waals surface area contributed by atoms with Crippen molar-refractivity contribution < 1.29 is 9.53 Å². The average Bonchev–Trinajstić information content (AvgIpc) is 2.79. The van der Waals surface area contributed by atoms with Gasteiger partial charge < -0.3 is 26.0 Å². The normalized spacial score (nSPS) is 15.0. The average molecular weight is 411 g/mol. The van der Waals surface area contributed by atoms with Crippen molar-refractivity contribution in [3.63, 3.8) is 0 Å². The summed E-state index contributed by atoms with van der Waals surface area (Å²) >= 11 is 0. The van der Waals surface area contributed by atoms with Crippen molar-refractivity contribution in [2.75, 3.05) is 32.1 Å². The molecule has 0 spiro atoms. The quantitative estimate of drug-likeness (QED) is 0.474. The van der Waals surface area contributed by atoms with Crippen molar-refractivity contribution in [2.24, 2.45) is 16.6 Å². The number of carbonyl (C=O) groups is 1. The lowest BCUT2D eigenvalue weighted by atomic mass is 9.96. The minimum absolute atomic E-state index is 0.0375. The van der Waals surface area contributed by atoms with Gasteiger partial charge in [-0.3, -0.25) is 9.79 Å². The van der Waals surface area contributed by atoms with Crippen LogP contribution in [0.4, 0.5) is 5.82 Å². The predicted octanol–water partition coefficient (Wildman–Crippen LogP) is 1.66. The van der Waals surface area contributed by atoms with Crippen LogP contribution in [0.1, 0.15) is 24.0 Å². The fourth-order valence-corrected chi connectivity index (χ4v) is 3.66. The highest BCUT2D eigenvalue weighted by molar-refractivity contribution is 5.80. The Morgan fingerprint density at radius 3 is 2.50 bits per heavy atom. The molecule has 2 heterocycles. The molecule has 2 aromatic rings. The number of piperidine rings is 1. The van der Waals surface area contributed by atoms with Gasteiger partial charge >= 0.3 is 0 Å². The molecule has 1 aliphatic heterocycles. The molecular weight excluding hydrogens is 380 g/mol. The molecule has 8 heteroatoms. The lowest BCUT2D eigenvalue weighted by Crippen LogP contribution is -2.40. The molecule has 0 aliphatic carbocycles. The summed E-state index contributed by atoms with van der Waals surface area (Å²) in [4.78, 5) is 22.6. The number of hydrogen-bond donors (Lipinski definition) is 3. The predicted molar refractivity (Wildman–Crippen MR) is 118 cm³/mol. The van der Waals surface area contributed by atoms with E-state index in [1.807, 2.05) is 30.3 Å². The summed E-state index contributed by atoms with van der Waals surface area (Å²) < 4.78 is 5.40. The van der Waals surface area contributed by atoms with Crippen LogP contribution in [0.2, 0.25) is 0 Å². The monoisotopic (exact) mass is 410 g/mol. The number of methoxy groups -OCH3 is 1. The van der Waals surface area contributed by atoms with Gasteiger partial charge in [0, 0.05) is 56.5 Å². The number of aromatic nitrogens is 1. The minimum Gasteiger partial charge on any atom is -0.496 e. The van der Waals surface area contributed by atoms with Crippen LogP contribution in [0.3, 0.4) is 0 Å². The van der Waals surface area contributed by atoms with E-state index in [2.05, 4.69) is 31.6 Å². The Hall–Kier alpha value is -3.29. The van der Waals surface area contributed by atoms with Gasteiger partial charge in [-0.15, -0.1) is 0 Å². The number of aliphatic imine (C=N–C) groups is 1. The number of amides is 1. The first-order chi connectivity index (χ1) is 14.6. The highest BCUT2D eigenvalue weighted by Gasteiger charge is 2.24. The summed E-state index contributed by atoms with van der Waals surface area (Å²) in [6, 6.07) is 11.9. The van der Waals surface area contributed by atoms with Crippen molar-refractivity contribution >= 4 is 17.7 Å². The van der Waals surface area contributed by atoms with Gasteiger partial charge in [0.1, 0.15) is 11.6 Å². The van der Waals surface area contributed by atoms with Gasteiger partial charge in [0.05, 0.1) is 7.11 Å². The molecule has 1 saturated heterocycles. The molecule has 1 amide bonds. The molecule has 8 nitrogen and oxygen atoms in total. The number of ether oxygens (including phenoxy) is 1. The zero-order chi connectivity index (χ0) is 21.3. The lowest BCUT2D eigenvalue weighted by Gasteiger charge is -2.32. The Balaban J connectivity index is 1.59. The molecule has 30 heavy (non-hydrogen) atoms. The van der Waals surface area contributed by atoms with Gasteiger partial charge in [0.2, 0.25) is 5.91 Å². The summed E-state index contributed by atoms with van der Waals surface area (Å²) in [6.07, 6.45) is 3.33. The van der Waals surface area contributed by atoms with E-state index >= 15 is 0 Å². The Morgan fingerprint density at radius 1 is 1.17 bits per heavy atom. The molecule has 0 atom stereocenters. The molecule has 0 saturated carbocycles. The van der Waals surface area contributed by atoms with E-state index in [0.29, 0.717) is 19.0 Å². The number of nitrogens with one attached hydrogen (secondary N) is 2. The number of anilines is 1. The first-order valence-corrected chi connectivity index (χ1v) is 10.2. The molecule has 160 valence electrons. The van der Waals surface area contributed by atoms with Gasteiger partial charge in [-0.1, -0.05) is 24.3 Å². The van der Waals surface area contributed by atoms with E-state index in [1.165, 1.54) is 0 Å². The molecule has 1 aromatic carbocycles. The fraction of sp³-hybridized carbons (Fsp3) is 0.409. The van der Waals surface area contributed by atoms with E-state index in [0.717, 1.165) is 48.6 Å². The van der Waals surface area contributed by atoms with Gasteiger partial charge in [-0.05, 0) is 25.0 Å². The molecule has 1 fully saturated rings. The lowest BCUT2D eigenvalue weighted by molar-refractivity contribution is -0.122. The van der Waals surface area contributed by atoms with Crippen molar-refractivity contribution in [1.82, 2.24) is 15.6 Å².